The second-order valence-electron chi connectivity index (χ2n) is 7.27. The molecule has 3 heterocycles. The number of para-hydroxylation sites is 1. The van der Waals surface area contributed by atoms with Crippen molar-refractivity contribution in [2.45, 2.75) is 6.04 Å². The molecule has 33 heavy (non-hydrogen) atoms. The van der Waals surface area contributed by atoms with Gasteiger partial charge in [-0.3, -0.25) is 14.5 Å². The van der Waals surface area contributed by atoms with E-state index >= 15 is 0 Å². The minimum atomic E-state index is -1.36. The van der Waals surface area contributed by atoms with Crippen LogP contribution in [0.1, 0.15) is 22.4 Å². The molecule has 4 aromatic rings. The number of ether oxygens (including phenoxy) is 1. The molecular weight excluding hydrogens is 436 g/mol. The fourth-order valence-corrected chi connectivity index (χ4v) is 3.91. The number of carbonyl (C=O) groups is 2. The van der Waals surface area contributed by atoms with Crippen LogP contribution < -0.4 is 9.64 Å². The van der Waals surface area contributed by atoms with E-state index < -0.39 is 46.4 Å². The molecule has 1 amide bonds. The monoisotopic (exact) mass is 451 g/mol. The number of anilines is 1. The van der Waals surface area contributed by atoms with Gasteiger partial charge in [0, 0.05) is 11.5 Å². The topological polar surface area (TPSA) is 93.1 Å². The van der Waals surface area contributed by atoms with Crippen LogP contribution in [0.3, 0.4) is 0 Å². The van der Waals surface area contributed by atoms with Gasteiger partial charge in [0.15, 0.2) is 22.9 Å². The van der Waals surface area contributed by atoms with E-state index in [1.165, 1.54) is 31.6 Å². The van der Waals surface area contributed by atoms with Gasteiger partial charge in [0.1, 0.15) is 23.4 Å². The SMILES string of the molecule is COc1cccc2cc(C(=O)C3=C(O)C(=O)N(c4cc(F)ccc4F)C3c3ccco3)oc12. The first-order valence-electron chi connectivity index (χ1n) is 9.77. The molecule has 2 aromatic heterocycles. The molecular formula is C24H15F2NO6. The molecule has 1 atom stereocenters. The average molecular weight is 451 g/mol. The number of methoxy groups -OCH3 is 1. The quantitative estimate of drug-likeness (QED) is 0.425. The van der Waals surface area contributed by atoms with Crippen LogP contribution in [-0.2, 0) is 4.79 Å². The number of benzene rings is 2. The summed E-state index contributed by atoms with van der Waals surface area (Å²) in [6.45, 7) is 0. The van der Waals surface area contributed by atoms with Gasteiger partial charge in [-0.15, -0.1) is 0 Å². The van der Waals surface area contributed by atoms with Crippen LogP contribution >= 0.6 is 0 Å². The Labute approximate surface area is 185 Å². The summed E-state index contributed by atoms with van der Waals surface area (Å²) in [7, 11) is 1.45. The number of carbonyl (C=O) groups excluding carboxylic acids is 2. The first-order valence-corrected chi connectivity index (χ1v) is 9.77. The highest BCUT2D eigenvalue weighted by atomic mass is 19.1. The van der Waals surface area contributed by atoms with Crippen LogP contribution in [0, 0.1) is 11.6 Å². The van der Waals surface area contributed by atoms with Crippen LogP contribution in [-0.4, -0.2) is 23.9 Å². The summed E-state index contributed by atoms with van der Waals surface area (Å²) in [5.41, 5.74) is -0.547. The molecule has 0 bridgehead atoms. The predicted molar refractivity (Wildman–Crippen MR) is 112 cm³/mol. The number of ketones is 1. The summed E-state index contributed by atoms with van der Waals surface area (Å²) < 4.78 is 44.8. The van der Waals surface area contributed by atoms with Crippen molar-refractivity contribution >= 4 is 28.3 Å². The minimum Gasteiger partial charge on any atom is -0.503 e. The Hall–Kier alpha value is -4.40. The molecule has 0 aliphatic carbocycles. The number of amides is 1. The number of Topliss-reactive ketones (excluding diaryl/α,β-unsaturated/α-hetero) is 1. The van der Waals surface area contributed by atoms with Crippen LogP contribution in [0.15, 0.2) is 81.0 Å². The van der Waals surface area contributed by atoms with E-state index in [4.69, 9.17) is 13.6 Å². The second-order valence-corrected chi connectivity index (χ2v) is 7.27. The van der Waals surface area contributed by atoms with Gasteiger partial charge in [-0.05, 0) is 36.4 Å². The molecule has 1 aliphatic heterocycles. The van der Waals surface area contributed by atoms with Crippen LogP contribution in [0.5, 0.6) is 5.75 Å². The standard InChI is InChI=1S/C24H15F2NO6/c1-31-17-5-2-4-12-10-18(33-23(12)17)21(28)19-20(16-6-3-9-32-16)27(24(30)22(19)29)15-11-13(25)7-8-14(15)26/h2-11,20,29H,1H3. The lowest BCUT2D eigenvalue weighted by molar-refractivity contribution is -0.117. The van der Waals surface area contributed by atoms with Crippen molar-refractivity contribution in [3.63, 3.8) is 0 Å². The predicted octanol–water partition coefficient (Wildman–Crippen LogP) is 5.10. The molecule has 5 rings (SSSR count). The highest BCUT2D eigenvalue weighted by molar-refractivity contribution is 6.20. The Morgan fingerprint density at radius 1 is 1.12 bits per heavy atom. The average Bonchev–Trinajstić information content (AvgIpc) is 3.54. The number of fused-ring (bicyclic) bond motifs is 1. The molecule has 0 spiro atoms. The lowest BCUT2D eigenvalue weighted by Gasteiger charge is -2.25. The molecule has 0 saturated carbocycles. The van der Waals surface area contributed by atoms with E-state index in [9.17, 15) is 23.5 Å². The third kappa shape index (κ3) is 3.16. The van der Waals surface area contributed by atoms with Gasteiger partial charge in [-0.1, -0.05) is 12.1 Å². The number of rotatable bonds is 5. The fourth-order valence-electron chi connectivity index (χ4n) is 3.91. The molecule has 0 saturated heterocycles. The molecule has 1 aliphatic rings. The highest BCUT2D eigenvalue weighted by Gasteiger charge is 2.47. The maximum atomic E-state index is 14.6. The number of furan rings is 2. The Bertz CT molecular complexity index is 1440. The minimum absolute atomic E-state index is 0.0631. The first-order chi connectivity index (χ1) is 15.9. The summed E-state index contributed by atoms with van der Waals surface area (Å²) in [5.74, 6) is -4.28. The van der Waals surface area contributed by atoms with Crippen molar-refractivity contribution in [2.75, 3.05) is 12.0 Å². The van der Waals surface area contributed by atoms with Crippen LogP contribution in [0.4, 0.5) is 14.5 Å². The highest BCUT2D eigenvalue weighted by Crippen LogP contribution is 2.43. The van der Waals surface area contributed by atoms with Crippen molar-refractivity contribution in [1.29, 1.82) is 0 Å². The normalized spacial score (nSPS) is 16.2. The van der Waals surface area contributed by atoms with Crippen molar-refractivity contribution in [1.82, 2.24) is 0 Å². The molecule has 7 nitrogen and oxygen atoms in total. The second kappa shape index (κ2) is 7.63. The van der Waals surface area contributed by atoms with E-state index in [2.05, 4.69) is 0 Å². The molecule has 2 aromatic carbocycles. The summed E-state index contributed by atoms with van der Waals surface area (Å²) in [6, 6.07) is 10.6. The number of halogens is 2. The zero-order valence-electron chi connectivity index (χ0n) is 17.0. The van der Waals surface area contributed by atoms with E-state index in [0.29, 0.717) is 16.7 Å². The number of nitrogens with zero attached hydrogens (tertiary/aromatic N) is 1. The van der Waals surface area contributed by atoms with Gasteiger partial charge >= 0.3 is 0 Å². The van der Waals surface area contributed by atoms with Crippen molar-refractivity contribution in [3.05, 3.63) is 95.3 Å². The largest absolute Gasteiger partial charge is 0.503 e. The molecule has 9 heteroatoms. The maximum absolute atomic E-state index is 14.6. The lowest BCUT2D eigenvalue weighted by atomic mass is 9.99. The number of aliphatic hydroxyl groups excluding tert-OH is 1. The summed E-state index contributed by atoms with van der Waals surface area (Å²) in [4.78, 5) is 27.2. The Kier molecular flexibility index (Phi) is 4.74. The summed E-state index contributed by atoms with van der Waals surface area (Å²) >= 11 is 0. The van der Waals surface area contributed by atoms with Gasteiger partial charge in [0.05, 0.1) is 24.6 Å². The molecule has 1 unspecified atom stereocenters. The van der Waals surface area contributed by atoms with E-state index in [1.807, 2.05) is 0 Å². The Morgan fingerprint density at radius 2 is 1.94 bits per heavy atom. The third-order valence-corrected chi connectivity index (χ3v) is 5.38. The zero-order valence-corrected chi connectivity index (χ0v) is 17.0. The summed E-state index contributed by atoms with van der Waals surface area (Å²) in [6.07, 6.45) is 1.30. The maximum Gasteiger partial charge on any atom is 0.294 e. The van der Waals surface area contributed by atoms with Crippen LogP contribution in [0.2, 0.25) is 0 Å². The molecule has 0 radical (unpaired) electrons. The third-order valence-electron chi connectivity index (χ3n) is 5.38. The molecule has 0 fully saturated rings. The smallest absolute Gasteiger partial charge is 0.294 e. The van der Waals surface area contributed by atoms with Crippen molar-refractivity contribution in [2.24, 2.45) is 0 Å². The van der Waals surface area contributed by atoms with E-state index in [0.717, 1.165) is 23.1 Å². The first kappa shape index (κ1) is 20.5. The van der Waals surface area contributed by atoms with Crippen molar-refractivity contribution in [3.8, 4) is 5.75 Å². The summed E-state index contributed by atoms with van der Waals surface area (Å²) in [5, 5.41) is 11.2. The molecule has 166 valence electrons. The van der Waals surface area contributed by atoms with Gasteiger partial charge in [0.25, 0.3) is 5.91 Å². The van der Waals surface area contributed by atoms with Crippen LogP contribution in [0.25, 0.3) is 11.0 Å². The Balaban J connectivity index is 1.66. The Morgan fingerprint density at radius 3 is 2.67 bits per heavy atom. The van der Waals surface area contributed by atoms with Gasteiger partial charge in [0.2, 0.25) is 5.78 Å². The number of aliphatic hydroxyl groups is 1. The zero-order chi connectivity index (χ0) is 23.3. The van der Waals surface area contributed by atoms with Gasteiger partial charge < -0.3 is 18.7 Å². The molecule has 1 N–H and O–H groups in total. The van der Waals surface area contributed by atoms with E-state index in [1.54, 1.807) is 18.2 Å². The number of hydrogen-bond donors (Lipinski definition) is 1. The fraction of sp³-hybridized carbons (Fsp3) is 0.0833. The van der Waals surface area contributed by atoms with Gasteiger partial charge in [-0.2, -0.15) is 0 Å². The lowest BCUT2D eigenvalue weighted by Crippen LogP contribution is -2.31. The van der Waals surface area contributed by atoms with E-state index in [-0.39, 0.29) is 11.5 Å². The number of hydrogen-bond acceptors (Lipinski definition) is 6. The van der Waals surface area contributed by atoms with Crippen molar-refractivity contribution < 1.29 is 37.0 Å². The van der Waals surface area contributed by atoms with Gasteiger partial charge in [-0.25, -0.2) is 8.78 Å².